The number of esters is 1. The van der Waals surface area contributed by atoms with Crippen LogP contribution < -0.4 is 5.32 Å². The van der Waals surface area contributed by atoms with Crippen LogP contribution in [0.2, 0.25) is 0 Å². The number of aliphatic hydroxyl groups excluding tert-OH is 5. The zero-order valence-electron chi connectivity index (χ0n) is 52.9. The molecule has 1 amide bonds. The van der Waals surface area contributed by atoms with E-state index in [-0.39, 0.29) is 19.4 Å². The lowest BCUT2D eigenvalue weighted by Gasteiger charge is -2.41. The summed E-state index contributed by atoms with van der Waals surface area (Å²) in [6.45, 7) is 5.77. The topological polar surface area (TPSA) is 175 Å². The quantitative estimate of drug-likeness (QED) is 0.0195. The van der Waals surface area contributed by atoms with Gasteiger partial charge in [0.05, 0.1) is 25.4 Å². The maximum absolute atomic E-state index is 13.5. The molecule has 6 N–H and O–H groups in total. The fourth-order valence-corrected chi connectivity index (χ4v) is 10.4. The maximum Gasteiger partial charge on any atom is 0.306 e. The zero-order valence-corrected chi connectivity index (χ0v) is 52.9. The molecule has 1 saturated heterocycles. The second-order valence-electron chi connectivity index (χ2n) is 23.6. The van der Waals surface area contributed by atoms with Gasteiger partial charge in [0.2, 0.25) is 5.91 Å². The summed E-state index contributed by atoms with van der Waals surface area (Å²) in [5, 5.41) is 57.1. The molecule has 8 atom stereocenters. The largest absolute Gasteiger partial charge is 0.454 e. The number of nitrogens with one attached hydrogen (secondary N) is 1. The van der Waals surface area contributed by atoms with Crippen LogP contribution in [0, 0.1) is 0 Å². The van der Waals surface area contributed by atoms with E-state index in [2.05, 4.69) is 86.8 Å². The molecule has 8 unspecified atom stereocenters. The third kappa shape index (κ3) is 45.5. The summed E-state index contributed by atoms with van der Waals surface area (Å²) in [5.41, 5.74) is 0. The minimum Gasteiger partial charge on any atom is -0.454 e. The number of carbonyl (C=O) groups is 2. The number of rotatable bonds is 58. The number of ether oxygens (including phenoxy) is 3. The summed E-state index contributed by atoms with van der Waals surface area (Å²) in [7, 11) is 0. The summed E-state index contributed by atoms with van der Waals surface area (Å²) >= 11 is 0. The molecular weight excluding hydrogens is 1030 g/mol. The van der Waals surface area contributed by atoms with Gasteiger partial charge in [-0.05, 0) is 96.3 Å². The summed E-state index contributed by atoms with van der Waals surface area (Å²) in [6, 6.07) is -1.03. The Balaban J connectivity index is 2.62. The van der Waals surface area contributed by atoms with E-state index in [0.717, 1.165) is 96.3 Å². The lowest BCUT2D eigenvalue weighted by atomic mass is 9.99. The highest BCUT2D eigenvalue weighted by atomic mass is 16.7. The summed E-state index contributed by atoms with van der Waals surface area (Å²) < 4.78 is 17.7. The monoisotopic (exact) mass is 1150 g/mol. The van der Waals surface area contributed by atoms with Crippen LogP contribution in [0.5, 0.6) is 0 Å². The van der Waals surface area contributed by atoms with Crippen molar-refractivity contribution >= 4 is 11.9 Å². The minimum atomic E-state index is -1.62. The second-order valence-corrected chi connectivity index (χ2v) is 23.6. The highest BCUT2D eigenvalue weighted by Gasteiger charge is 2.47. The normalized spacial score (nSPS) is 19.0. The molecule has 0 radical (unpaired) electrons. The van der Waals surface area contributed by atoms with Crippen molar-refractivity contribution in [3.63, 3.8) is 0 Å². The SMILES string of the molecule is CCCCC/C=C\C/C=C\C/C=C\C/C=C\CCCCCCCCCCC(O)C(=O)NC(COC1OC(CO)C(O)C(O)C1OC(=O)CCCCCCCCC/C=C/CCCCCCCC)C(O)/C=C/CCCCCCCCCCCC. The van der Waals surface area contributed by atoms with Gasteiger partial charge in [0.25, 0.3) is 0 Å². The average Bonchev–Trinajstić information content (AvgIpc) is 3.68. The van der Waals surface area contributed by atoms with E-state index in [9.17, 15) is 35.1 Å². The predicted molar refractivity (Wildman–Crippen MR) is 343 cm³/mol. The lowest BCUT2D eigenvalue weighted by Crippen LogP contribution is -2.61. The third-order valence-corrected chi connectivity index (χ3v) is 15.8. The van der Waals surface area contributed by atoms with E-state index in [1.54, 1.807) is 6.08 Å². The van der Waals surface area contributed by atoms with Crippen molar-refractivity contribution in [1.29, 1.82) is 0 Å². The minimum absolute atomic E-state index is 0.117. The van der Waals surface area contributed by atoms with Gasteiger partial charge in [-0.15, -0.1) is 0 Å². The van der Waals surface area contributed by atoms with Crippen LogP contribution in [0.15, 0.2) is 72.9 Å². The molecule has 476 valence electrons. The third-order valence-electron chi connectivity index (χ3n) is 15.8. The number of unbranched alkanes of at least 4 members (excludes halogenated alkanes) is 34. The van der Waals surface area contributed by atoms with Gasteiger partial charge in [0, 0.05) is 6.42 Å². The molecular formula is C71H127NO10. The molecule has 0 bridgehead atoms. The van der Waals surface area contributed by atoms with Crippen LogP contribution in [-0.2, 0) is 23.8 Å². The fourth-order valence-electron chi connectivity index (χ4n) is 10.4. The van der Waals surface area contributed by atoms with Crippen LogP contribution in [0.1, 0.15) is 303 Å². The molecule has 1 heterocycles. The Hall–Kier alpha value is -2.90. The van der Waals surface area contributed by atoms with Crippen LogP contribution in [0.25, 0.3) is 0 Å². The molecule has 82 heavy (non-hydrogen) atoms. The highest BCUT2D eigenvalue weighted by molar-refractivity contribution is 5.80. The van der Waals surface area contributed by atoms with Gasteiger partial charge in [0.15, 0.2) is 12.4 Å². The number of hydrogen-bond acceptors (Lipinski definition) is 10. The molecule has 0 aromatic carbocycles. The first-order valence-corrected chi connectivity index (χ1v) is 34.2. The Morgan fingerprint density at radius 3 is 1.29 bits per heavy atom. The molecule has 0 aromatic heterocycles. The molecule has 11 heteroatoms. The van der Waals surface area contributed by atoms with Gasteiger partial charge in [-0.3, -0.25) is 9.59 Å². The Kier molecular flexibility index (Phi) is 55.0. The van der Waals surface area contributed by atoms with Gasteiger partial charge in [0.1, 0.15) is 24.4 Å². The number of hydrogen-bond donors (Lipinski definition) is 6. The Labute approximate surface area is 502 Å². The summed E-state index contributed by atoms with van der Waals surface area (Å²) in [6.07, 6.45) is 65.0. The zero-order chi connectivity index (χ0) is 59.6. The Morgan fingerprint density at radius 1 is 0.476 bits per heavy atom. The van der Waals surface area contributed by atoms with Crippen LogP contribution in [-0.4, -0.2) is 99.6 Å². The molecule has 0 saturated carbocycles. The van der Waals surface area contributed by atoms with Crippen molar-refractivity contribution in [3.05, 3.63) is 72.9 Å². The van der Waals surface area contributed by atoms with Crippen molar-refractivity contribution in [2.75, 3.05) is 13.2 Å². The molecule has 1 fully saturated rings. The van der Waals surface area contributed by atoms with Gasteiger partial charge in [-0.25, -0.2) is 0 Å². The van der Waals surface area contributed by atoms with Gasteiger partial charge in [-0.2, -0.15) is 0 Å². The number of carbonyl (C=O) groups excluding carboxylic acids is 2. The smallest absolute Gasteiger partial charge is 0.306 e. The van der Waals surface area contributed by atoms with Crippen LogP contribution >= 0.6 is 0 Å². The molecule has 1 rings (SSSR count). The molecule has 0 aliphatic carbocycles. The second kappa shape index (κ2) is 58.5. The first kappa shape index (κ1) is 77.1. The van der Waals surface area contributed by atoms with E-state index >= 15 is 0 Å². The van der Waals surface area contributed by atoms with E-state index in [1.165, 1.54) is 161 Å². The van der Waals surface area contributed by atoms with Crippen molar-refractivity contribution in [3.8, 4) is 0 Å². The van der Waals surface area contributed by atoms with E-state index in [4.69, 9.17) is 14.2 Å². The first-order valence-electron chi connectivity index (χ1n) is 34.2. The molecule has 1 aliphatic heterocycles. The van der Waals surface area contributed by atoms with Crippen molar-refractivity contribution in [1.82, 2.24) is 5.32 Å². The summed E-state index contributed by atoms with van der Waals surface area (Å²) in [5.74, 6) is -1.20. The Bertz CT molecular complexity index is 1610. The fraction of sp³-hybridized carbons (Fsp3) is 0.803. The maximum atomic E-state index is 13.5. The van der Waals surface area contributed by atoms with Gasteiger partial charge < -0.3 is 45.1 Å². The molecule has 1 aliphatic rings. The van der Waals surface area contributed by atoms with Crippen molar-refractivity contribution in [2.45, 2.75) is 352 Å². The molecule has 0 aromatic rings. The first-order chi connectivity index (χ1) is 40.2. The van der Waals surface area contributed by atoms with Crippen LogP contribution in [0.3, 0.4) is 0 Å². The van der Waals surface area contributed by atoms with E-state index in [0.29, 0.717) is 12.8 Å². The van der Waals surface area contributed by atoms with Crippen molar-refractivity contribution < 1.29 is 49.3 Å². The van der Waals surface area contributed by atoms with Gasteiger partial charge >= 0.3 is 5.97 Å². The lowest BCUT2D eigenvalue weighted by molar-refractivity contribution is -0.305. The predicted octanol–water partition coefficient (Wildman–Crippen LogP) is 17.1. The number of aliphatic hydroxyl groups is 5. The number of amides is 1. The molecule has 11 nitrogen and oxygen atoms in total. The van der Waals surface area contributed by atoms with Crippen molar-refractivity contribution in [2.24, 2.45) is 0 Å². The number of allylic oxidation sites excluding steroid dienone is 11. The van der Waals surface area contributed by atoms with Gasteiger partial charge in [-0.1, -0.05) is 273 Å². The average molecular weight is 1150 g/mol. The standard InChI is InChI=1S/C71H127NO10/c1-4-7-10-13-16-19-22-25-27-29-30-31-32-33-34-35-37-38-40-43-46-49-52-55-58-64(75)70(79)72-62(63(74)57-54-51-48-45-42-24-21-18-15-12-9-6-3)61-80-71-69(68(78)67(77)65(60-73)81-71)82-66(76)59-56-53-50-47-44-41-39-36-28-26-23-20-17-14-11-8-5-2/h16,19,25-28,30-31,33-34,54,57,62-65,67-69,71,73-75,77-78H,4-15,17-18,20-24,29,32,35-53,55-56,58-61H2,1-3H3,(H,72,79)/b19-16-,27-25-,28-26+,31-30-,34-33-,57-54+. The summed E-state index contributed by atoms with van der Waals surface area (Å²) in [4.78, 5) is 26.6. The van der Waals surface area contributed by atoms with E-state index < -0.39 is 67.4 Å². The molecule has 0 spiro atoms. The van der Waals surface area contributed by atoms with E-state index in [1.807, 2.05) is 6.08 Å². The van der Waals surface area contributed by atoms with Crippen LogP contribution in [0.4, 0.5) is 0 Å². The highest BCUT2D eigenvalue weighted by Crippen LogP contribution is 2.26. The Morgan fingerprint density at radius 2 is 0.841 bits per heavy atom.